The van der Waals surface area contributed by atoms with Gasteiger partial charge in [0, 0.05) is 5.56 Å². The highest BCUT2D eigenvalue weighted by Crippen LogP contribution is 2.25. The van der Waals surface area contributed by atoms with Crippen molar-refractivity contribution >= 4 is 22.7 Å². The number of aromatic nitrogens is 1. The van der Waals surface area contributed by atoms with Gasteiger partial charge in [0.1, 0.15) is 11.2 Å². The van der Waals surface area contributed by atoms with Gasteiger partial charge in [-0.3, -0.25) is 4.79 Å². The van der Waals surface area contributed by atoms with E-state index in [-0.39, 0.29) is 17.1 Å². The van der Waals surface area contributed by atoms with Gasteiger partial charge in [-0.2, -0.15) is 0 Å². The number of carbonyl (C=O) groups excluding carboxylic acids is 1. The summed E-state index contributed by atoms with van der Waals surface area (Å²) < 4.78 is 18.6. The second-order valence-electron chi connectivity index (χ2n) is 3.96. The molecule has 0 saturated carbocycles. The van der Waals surface area contributed by atoms with Crippen molar-refractivity contribution in [3.8, 4) is 0 Å². The molecule has 3 rings (SSSR count). The van der Waals surface area contributed by atoms with Crippen LogP contribution in [0.3, 0.4) is 0 Å². The molecule has 0 radical (unpaired) electrons. The highest BCUT2D eigenvalue weighted by atomic mass is 19.1. The first kappa shape index (κ1) is 11.4. The number of carbonyl (C=O) groups is 1. The molecule has 19 heavy (non-hydrogen) atoms. The van der Waals surface area contributed by atoms with Gasteiger partial charge in [0.25, 0.3) is 5.91 Å². The van der Waals surface area contributed by atoms with Crippen molar-refractivity contribution in [2.45, 2.75) is 0 Å². The van der Waals surface area contributed by atoms with E-state index in [0.29, 0.717) is 11.1 Å². The Hall–Kier alpha value is -2.69. The van der Waals surface area contributed by atoms with Crippen molar-refractivity contribution in [2.75, 3.05) is 5.32 Å². The molecule has 0 aliphatic carbocycles. The second kappa shape index (κ2) is 4.53. The topological polar surface area (TPSA) is 55.1 Å². The molecule has 1 N–H and O–H groups in total. The molecule has 3 aromatic rings. The first-order chi connectivity index (χ1) is 9.25. The summed E-state index contributed by atoms with van der Waals surface area (Å²) >= 11 is 0. The van der Waals surface area contributed by atoms with Gasteiger partial charge >= 0.3 is 0 Å². The number of hydrogen-bond acceptors (Lipinski definition) is 3. The van der Waals surface area contributed by atoms with Crippen molar-refractivity contribution in [3.63, 3.8) is 0 Å². The van der Waals surface area contributed by atoms with Crippen LogP contribution in [0.2, 0.25) is 0 Å². The summed E-state index contributed by atoms with van der Waals surface area (Å²) in [4.78, 5) is 12.0. The minimum atomic E-state index is -0.484. The van der Waals surface area contributed by atoms with E-state index >= 15 is 0 Å². The molecule has 1 amide bonds. The molecular weight excluding hydrogens is 247 g/mol. The Morgan fingerprint density at radius 1 is 1.11 bits per heavy atom. The van der Waals surface area contributed by atoms with Gasteiger partial charge in [0.05, 0.1) is 0 Å². The summed E-state index contributed by atoms with van der Waals surface area (Å²) in [5.41, 5.74) is 0.762. The Labute approximate surface area is 107 Å². The maximum Gasteiger partial charge on any atom is 0.256 e. The molecule has 0 aliphatic rings. The normalized spacial score (nSPS) is 10.6. The number of amides is 1. The van der Waals surface area contributed by atoms with E-state index in [4.69, 9.17) is 4.52 Å². The fourth-order valence-electron chi connectivity index (χ4n) is 1.81. The molecule has 5 heteroatoms. The zero-order valence-electron chi connectivity index (χ0n) is 9.76. The molecule has 94 valence electrons. The van der Waals surface area contributed by atoms with E-state index in [0.717, 1.165) is 0 Å². The van der Waals surface area contributed by atoms with Crippen LogP contribution in [-0.4, -0.2) is 11.1 Å². The fraction of sp³-hybridized carbons (Fsp3) is 0. The number of halogens is 1. The maximum atomic E-state index is 13.7. The number of nitrogens with zero attached hydrogens (tertiary/aromatic N) is 1. The van der Waals surface area contributed by atoms with Crippen LogP contribution < -0.4 is 5.32 Å². The van der Waals surface area contributed by atoms with Crippen LogP contribution in [0.5, 0.6) is 0 Å². The first-order valence-corrected chi connectivity index (χ1v) is 5.66. The molecule has 0 unspecified atom stereocenters. The number of rotatable bonds is 2. The molecule has 0 aliphatic heterocycles. The zero-order valence-corrected chi connectivity index (χ0v) is 9.76. The van der Waals surface area contributed by atoms with Gasteiger partial charge in [-0.25, -0.2) is 4.39 Å². The molecular formula is C14H9FN2O2. The number of benzene rings is 2. The molecule has 1 aromatic heterocycles. The molecule has 1 heterocycles. The monoisotopic (exact) mass is 256 g/mol. The third-order valence-corrected chi connectivity index (χ3v) is 2.72. The second-order valence-corrected chi connectivity index (χ2v) is 3.96. The summed E-state index contributed by atoms with van der Waals surface area (Å²) in [6.07, 6.45) is 0. The molecule has 0 saturated heterocycles. The average molecular weight is 256 g/mol. The number of hydrogen-bond donors (Lipinski definition) is 1. The summed E-state index contributed by atoms with van der Waals surface area (Å²) in [5.74, 6) is -0.761. The van der Waals surface area contributed by atoms with Gasteiger partial charge in [0.15, 0.2) is 11.4 Å². The van der Waals surface area contributed by atoms with E-state index in [1.165, 1.54) is 12.1 Å². The lowest BCUT2D eigenvalue weighted by Crippen LogP contribution is -2.12. The Balaban J connectivity index is 1.96. The van der Waals surface area contributed by atoms with E-state index in [9.17, 15) is 9.18 Å². The van der Waals surface area contributed by atoms with Gasteiger partial charge < -0.3 is 9.84 Å². The molecule has 0 spiro atoms. The number of fused-ring (bicyclic) bond motifs is 1. The fourth-order valence-corrected chi connectivity index (χ4v) is 1.81. The third-order valence-electron chi connectivity index (χ3n) is 2.72. The molecule has 0 atom stereocenters. The van der Waals surface area contributed by atoms with Gasteiger partial charge in [-0.15, -0.1) is 0 Å². The minimum absolute atomic E-state index is 0.0851. The van der Waals surface area contributed by atoms with Crippen molar-refractivity contribution in [2.24, 2.45) is 0 Å². The van der Waals surface area contributed by atoms with Gasteiger partial charge in [0.2, 0.25) is 0 Å². The number of nitrogens with one attached hydrogen (secondary N) is 1. The van der Waals surface area contributed by atoms with Crippen molar-refractivity contribution < 1.29 is 13.7 Å². The first-order valence-electron chi connectivity index (χ1n) is 5.66. The standard InChI is InChI=1S/C14H9FN2O2/c15-10-7-4-8-11-12(10)13(17-19-11)16-14(18)9-5-2-1-3-6-9/h1-8H,(H,16,17,18). The highest BCUT2D eigenvalue weighted by molar-refractivity contribution is 6.07. The van der Waals surface area contributed by atoms with Crippen molar-refractivity contribution in [1.82, 2.24) is 5.16 Å². The minimum Gasteiger partial charge on any atom is -0.354 e. The van der Waals surface area contributed by atoms with Gasteiger partial charge in [-0.1, -0.05) is 29.4 Å². The Bertz CT molecular complexity index is 738. The predicted molar refractivity (Wildman–Crippen MR) is 68.4 cm³/mol. The van der Waals surface area contributed by atoms with Crippen LogP contribution in [-0.2, 0) is 0 Å². The lowest BCUT2D eigenvalue weighted by Gasteiger charge is -2.01. The van der Waals surface area contributed by atoms with E-state index in [1.807, 2.05) is 6.07 Å². The molecule has 4 nitrogen and oxygen atoms in total. The largest absolute Gasteiger partial charge is 0.354 e. The van der Waals surface area contributed by atoms with Crippen LogP contribution in [0.4, 0.5) is 10.2 Å². The SMILES string of the molecule is O=C(Nc1noc2cccc(F)c12)c1ccccc1. The molecule has 0 bridgehead atoms. The summed E-state index contributed by atoms with van der Waals surface area (Å²) in [6, 6.07) is 13.0. The average Bonchev–Trinajstić information content (AvgIpc) is 2.84. The van der Waals surface area contributed by atoms with Crippen molar-refractivity contribution in [1.29, 1.82) is 0 Å². The van der Waals surface area contributed by atoms with Gasteiger partial charge in [-0.05, 0) is 24.3 Å². The Kier molecular flexibility index (Phi) is 2.72. The number of anilines is 1. The van der Waals surface area contributed by atoms with E-state index < -0.39 is 5.82 Å². The smallest absolute Gasteiger partial charge is 0.256 e. The van der Waals surface area contributed by atoms with Crippen LogP contribution in [0, 0.1) is 5.82 Å². The van der Waals surface area contributed by atoms with E-state index in [2.05, 4.69) is 10.5 Å². The van der Waals surface area contributed by atoms with Crippen LogP contribution >= 0.6 is 0 Å². The summed E-state index contributed by atoms with van der Waals surface area (Å²) in [5, 5.41) is 6.39. The lowest BCUT2D eigenvalue weighted by molar-refractivity contribution is 0.102. The predicted octanol–water partition coefficient (Wildman–Crippen LogP) is 3.22. The Morgan fingerprint density at radius 3 is 2.68 bits per heavy atom. The summed E-state index contributed by atoms with van der Waals surface area (Å²) in [6.45, 7) is 0. The molecule has 2 aromatic carbocycles. The zero-order chi connectivity index (χ0) is 13.2. The Morgan fingerprint density at radius 2 is 1.89 bits per heavy atom. The third kappa shape index (κ3) is 2.06. The van der Waals surface area contributed by atoms with E-state index in [1.54, 1.807) is 30.3 Å². The van der Waals surface area contributed by atoms with Crippen LogP contribution in [0.1, 0.15) is 10.4 Å². The summed E-state index contributed by atoms with van der Waals surface area (Å²) in [7, 11) is 0. The highest BCUT2D eigenvalue weighted by Gasteiger charge is 2.15. The van der Waals surface area contributed by atoms with Crippen LogP contribution in [0.15, 0.2) is 53.1 Å². The van der Waals surface area contributed by atoms with Crippen LogP contribution in [0.25, 0.3) is 11.0 Å². The lowest BCUT2D eigenvalue weighted by atomic mass is 10.2. The maximum absolute atomic E-state index is 13.7. The quantitative estimate of drug-likeness (QED) is 0.765. The molecule has 0 fully saturated rings. The van der Waals surface area contributed by atoms with Crippen molar-refractivity contribution in [3.05, 3.63) is 59.9 Å².